The molecule has 0 aliphatic rings. The van der Waals surface area contributed by atoms with Crippen LogP contribution >= 0.6 is 22.9 Å². The molecule has 10 heteroatoms. The predicted molar refractivity (Wildman–Crippen MR) is 115 cm³/mol. The number of methoxy groups -OCH3 is 2. The van der Waals surface area contributed by atoms with E-state index in [4.69, 9.17) is 21.1 Å². The molecule has 3 aromatic rings. The average Bonchev–Trinajstić information content (AvgIpc) is 3.20. The van der Waals surface area contributed by atoms with Crippen molar-refractivity contribution in [2.75, 3.05) is 26.1 Å². The molecule has 0 saturated heterocycles. The first kappa shape index (κ1) is 21.5. The van der Waals surface area contributed by atoms with Gasteiger partial charge in [-0.05, 0) is 24.3 Å². The number of ether oxygens (including phenoxy) is 2. The van der Waals surface area contributed by atoms with E-state index in [1.807, 2.05) is 0 Å². The van der Waals surface area contributed by atoms with Crippen molar-refractivity contribution >= 4 is 39.9 Å². The molecule has 2 N–H and O–H groups in total. The zero-order valence-electron chi connectivity index (χ0n) is 16.3. The molecule has 3 rings (SSSR count). The Bertz CT molecular complexity index is 1030. The Labute approximate surface area is 182 Å². The molecule has 30 heavy (non-hydrogen) atoms. The van der Waals surface area contributed by atoms with Crippen LogP contribution in [-0.4, -0.2) is 42.8 Å². The van der Waals surface area contributed by atoms with Crippen LogP contribution in [0.2, 0.25) is 5.02 Å². The van der Waals surface area contributed by atoms with Gasteiger partial charge < -0.3 is 14.8 Å². The summed E-state index contributed by atoms with van der Waals surface area (Å²) in [6.07, 6.45) is 0.460. The van der Waals surface area contributed by atoms with E-state index >= 15 is 0 Å². The van der Waals surface area contributed by atoms with Gasteiger partial charge in [0.1, 0.15) is 22.1 Å². The van der Waals surface area contributed by atoms with E-state index in [1.54, 1.807) is 42.5 Å². The third kappa shape index (κ3) is 5.05. The Balaban J connectivity index is 1.59. The fraction of sp³-hybridized carbons (Fsp3) is 0.200. The van der Waals surface area contributed by atoms with Crippen molar-refractivity contribution in [3.05, 3.63) is 63.6 Å². The van der Waals surface area contributed by atoms with E-state index in [-0.39, 0.29) is 11.5 Å². The molecule has 156 valence electrons. The lowest BCUT2D eigenvalue weighted by Crippen LogP contribution is -2.25. The summed E-state index contributed by atoms with van der Waals surface area (Å²) < 4.78 is 10.5. The van der Waals surface area contributed by atoms with Crippen LogP contribution in [0.15, 0.2) is 42.5 Å². The minimum Gasteiger partial charge on any atom is -0.496 e. The zero-order valence-corrected chi connectivity index (χ0v) is 17.8. The molecule has 0 spiro atoms. The van der Waals surface area contributed by atoms with Crippen molar-refractivity contribution in [2.24, 2.45) is 0 Å². The first-order chi connectivity index (χ1) is 14.5. The van der Waals surface area contributed by atoms with Gasteiger partial charge in [0.2, 0.25) is 5.13 Å². The maximum absolute atomic E-state index is 12.7. The van der Waals surface area contributed by atoms with Gasteiger partial charge in [0.25, 0.3) is 11.8 Å². The number of hydrogen-bond donors (Lipinski definition) is 2. The summed E-state index contributed by atoms with van der Waals surface area (Å²) in [6.45, 7) is 0.354. The molecule has 1 aromatic heterocycles. The van der Waals surface area contributed by atoms with Crippen LogP contribution in [0.1, 0.15) is 25.7 Å². The Morgan fingerprint density at radius 1 is 1.00 bits per heavy atom. The Morgan fingerprint density at radius 2 is 1.70 bits per heavy atom. The van der Waals surface area contributed by atoms with Gasteiger partial charge in [0.15, 0.2) is 0 Å². The van der Waals surface area contributed by atoms with E-state index in [1.165, 1.54) is 25.6 Å². The fourth-order valence-corrected chi connectivity index (χ4v) is 3.62. The van der Waals surface area contributed by atoms with Gasteiger partial charge >= 0.3 is 0 Å². The largest absolute Gasteiger partial charge is 0.496 e. The third-order valence-corrected chi connectivity index (χ3v) is 5.31. The lowest BCUT2D eigenvalue weighted by atomic mass is 10.1. The number of carbonyl (C=O) groups is 2. The number of benzene rings is 2. The SMILES string of the molecule is COc1cccc(OC)c1C(=O)Nc1nnc(CCNC(=O)c2ccccc2Cl)s1. The summed E-state index contributed by atoms with van der Waals surface area (Å²) in [7, 11) is 2.96. The van der Waals surface area contributed by atoms with Gasteiger partial charge in [-0.1, -0.05) is 41.1 Å². The molecule has 0 bridgehead atoms. The molecule has 0 aliphatic heterocycles. The first-order valence-electron chi connectivity index (χ1n) is 8.91. The fourth-order valence-electron chi connectivity index (χ4n) is 2.66. The second-order valence-electron chi connectivity index (χ2n) is 5.98. The summed E-state index contributed by atoms with van der Waals surface area (Å²) in [5.74, 6) is 0.0960. The summed E-state index contributed by atoms with van der Waals surface area (Å²) in [5, 5.41) is 14.9. The minimum atomic E-state index is -0.418. The number of anilines is 1. The minimum absolute atomic E-state index is 0.262. The highest BCUT2D eigenvalue weighted by Crippen LogP contribution is 2.29. The molecular formula is C20H19ClN4O4S. The number of rotatable bonds is 8. The van der Waals surface area contributed by atoms with E-state index in [2.05, 4.69) is 20.8 Å². The molecule has 0 aliphatic carbocycles. The van der Waals surface area contributed by atoms with Gasteiger partial charge in [-0.25, -0.2) is 0 Å². The lowest BCUT2D eigenvalue weighted by molar-refractivity contribution is 0.0953. The second-order valence-corrected chi connectivity index (χ2v) is 7.45. The van der Waals surface area contributed by atoms with Gasteiger partial charge in [-0.15, -0.1) is 10.2 Å². The van der Waals surface area contributed by atoms with Crippen LogP contribution in [0, 0.1) is 0 Å². The van der Waals surface area contributed by atoms with E-state index in [9.17, 15) is 9.59 Å². The number of amides is 2. The Hall–Kier alpha value is -3.17. The molecule has 2 aromatic carbocycles. The molecule has 0 fully saturated rings. The number of aromatic nitrogens is 2. The zero-order chi connectivity index (χ0) is 21.5. The molecular weight excluding hydrogens is 428 g/mol. The van der Waals surface area contributed by atoms with Crippen LogP contribution in [0.3, 0.4) is 0 Å². The van der Waals surface area contributed by atoms with Crippen LogP contribution in [0.25, 0.3) is 0 Å². The normalized spacial score (nSPS) is 10.4. The average molecular weight is 447 g/mol. The molecule has 0 atom stereocenters. The molecule has 8 nitrogen and oxygen atoms in total. The van der Waals surface area contributed by atoms with Crippen molar-refractivity contribution in [3.8, 4) is 11.5 Å². The van der Waals surface area contributed by atoms with Crippen LogP contribution in [0.5, 0.6) is 11.5 Å². The van der Waals surface area contributed by atoms with E-state index in [0.717, 1.165) is 0 Å². The summed E-state index contributed by atoms with van der Waals surface area (Å²) in [6, 6.07) is 11.9. The quantitative estimate of drug-likeness (QED) is 0.549. The number of nitrogens with one attached hydrogen (secondary N) is 2. The van der Waals surface area contributed by atoms with E-state index in [0.29, 0.717) is 45.2 Å². The van der Waals surface area contributed by atoms with Gasteiger partial charge in [0.05, 0.1) is 24.8 Å². The lowest BCUT2D eigenvalue weighted by Gasteiger charge is -2.11. The summed E-state index contributed by atoms with van der Waals surface area (Å²) in [4.78, 5) is 24.8. The van der Waals surface area contributed by atoms with Crippen LogP contribution < -0.4 is 20.1 Å². The first-order valence-corrected chi connectivity index (χ1v) is 10.1. The summed E-state index contributed by atoms with van der Waals surface area (Å²) >= 11 is 7.24. The third-order valence-electron chi connectivity index (χ3n) is 4.09. The van der Waals surface area contributed by atoms with Crippen molar-refractivity contribution < 1.29 is 19.1 Å². The number of carbonyl (C=O) groups excluding carboxylic acids is 2. The highest BCUT2D eigenvalue weighted by Gasteiger charge is 2.19. The topological polar surface area (TPSA) is 102 Å². The second kappa shape index (κ2) is 10.0. The monoisotopic (exact) mass is 446 g/mol. The molecule has 1 heterocycles. The van der Waals surface area contributed by atoms with Gasteiger partial charge in [-0.2, -0.15) is 0 Å². The number of halogens is 1. The van der Waals surface area contributed by atoms with Crippen LogP contribution in [-0.2, 0) is 6.42 Å². The maximum Gasteiger partial charge on any atom is 0.265 e. The van der Waals surface area contributed by atoms with E-state index < -0.39 is 5.91 Å². The smallest absolute Gasteiger partial charge is 0.265 e. The highest BCUT2D eigenvalue weighted by atomic mass is 35.5. The van der Waals surface area contributed by atoms with Crippen molar-refractivity contribution in [1.29, 1.82) is 0 Å². The molecule has 0 unspecified atom stereocenters. The Kier molecular flexibility index (Phi) is 7.21. The van der Waals surface area contributed by atoms with Crippen molar-refractivity contribution in [1.82, 2.24) is 15.5 Å². The van der Waals surface area contributed by atoms with Crippen molar-refractivity contribution in [2.45, 2.75) is 6.42 Å². The van der Waals surface area contributed by atoms with Gasteiger partial charge in [-0.3, -0.25) is 14.9 Å². The van der Waals surface area contributed by atoms with Gasteiger partial charge in [0, 0.05) is 13.0 Å². The molecule has 0 saturated carbocycles. The maximum atomic E-state index is 12.7. The predicted octanol–water partition coefficient (Wildman–Crippen LogP) is 3.43. The standard InChI is InChI=1S/C20H19ClN4O4S/c1-28-14-8-5-9-15(29-2)17(14)19(27)23-20-25-24-16(30-20)10-11-22-18(26)12-6-3-4-7-13(12)21/h3-9H,10-11H2,1-2H3,(H,22,26)(H,23,25,27). The summed E-state index contributed by atoms with van der Waals surface area (Å²) in [5.41, 5.74) is 0.682. The molecule has 0 radical (unpaired) electrons. The van der Waals surface area contributed by atoms with Crippen molar-refractivity contribution in [3.63, 3.8) is 0 Å². The molecule has 2 amide bonds. The number of hydrogen-bond acceptors (Lipinski definition) is 7. The highest BCUT2D eigenvalue weighted by molar-refractivity contribution is 7.15. The Morgan fingerprint density at radius 3 is 2.37 bits per heavy atom. The number of nitrogens with zero attached hydrogens (tertiary/aromatic N) is 2. The van der Waals surface area contributed by atoms with Crippen LogP contribution in [0.4, 0.5) is 5.13 Å².